The second-order valence-corrected chi connectivity index (χ2v) is 6.18. The molecule has 0 heteroatoms. The van der Waals surface area contributed by atoms with Gasteiger partial charge in [0.1, 0.15) is 0 Å². The smallest absolute Gasteiger partial charge is 0.0271 e. The van der Waals surface area contributed by atoms with Crippen LogP contribution in [0.1, 0.15) is 60.8 Å². The summed E-state index contributed by atoms with van der Waals surface area (Å²) in [5.74, 6) is 0. The highest BCUT2D eigenvalue weighted by Crippen LogP contribution is 2.37. The number of rotatable bonds is 4. The van der Waals surface area contributed by atoms with E-state index in [0.717, 1.165) is 6.42 Å². The molecular weight excluding hydrogens is 156 g/mol. The van der Waals surface area contributed by atoms with Gasteiger partial charge in [0.15, 0.2) is 0 Å². The van der Waals surface area contributed by atoms with Gasteiger partial charge < -0.3 is 0 Å². The topological polar surface area (TPSA) is 0 Å². The molecule has 0 aliphatic rings. The Bertz CT molecular complexity index is 167. The summed E-state index contributed by atoms with van der Waals surface area (Å²) >= 11 is 0. The third-order valence-electron chi connectivity index (χ3n) is 2.24. The molecule has 78 valence electrons. The third kappa shape index (κ3) is 6.86. The molecule has 0 aromatic carbocycles. The first-order valence-electron chi connectivity index (χ1n) is 5.33. The van der Waals surface area contributed by atoms with Crippen LogP contribution in [-0.4, -0.2) is 0 Å². The molecule has 13 heavy (non-hydrogen) atoms. The van der Waals surface area contributed by atoms with Crippen molar-refractivity contribution in [2.45, 2.75) is 60.8 Å². The van der Waals surface area contributed by atoms with Crippen LogP contribution in [0.15, 0.2) is 12.2 Å². The minimum Gasteiger partial charge on any atom is -0.0999 e. The second-order valence-electron chi connectivity index (χ2n) is 6.18. The zero-order valence-corrected chi connectivity index (χ0v) is 10.3. The summed E-state index contributed by atoms with van der Waals surface area (Å²) in [4.78, 5) is 0. The summed E-state index contributed by atoms with van der Waals surface area (Å²) in [6.07, 6.45) is 3.55. The van der Waals surface area contributed by atoms with Gasteiger partial charge in [-0.15, -0.1) is 0 Å². The van der Waals surface area contributed by atoms with Crippen molar-refractivity contribution >= 4 is 0 Å². The first kappa shape index (κ1) is 12.7. The van der Waals surface area contributed by atoms with Gasteiger partial charge in [0.05, 0.1) is 0 Å². The molecule has 0 spiro atoms. The highest BCUT2D eigenvalue weighted by atomic mass is 14.3. The Kier molecular flexibility index (Phi) is 4.22. The molecule has 0 N–H and O–H groups in total. The molecule has 0 saturated carbocycles. The lowest BCUT2D eigenvalue weighted by atomic mass is 9.73. The molecule has 0 aromatic rings. The van der Waals surface area contributed by atoms with E-state index in [1.807, 2.05) is 0 Å². The van der Waals surface area contributed by atoms with Crippen molar-refractivity contribution in [3.8, 4) is 0 Å². The Morgan fingerprint density at radius 1 is 1.08 bits per heavy atom. The fourth-order valence-electron chi connectivity index (χ4n) is 2.30. The normalized spacial score (nSPS) is 13.1. The van der Waals surface area contributed by atoms with Gasteiger partial charge in [-0.3, -0.25) is 0 Å². The Balaban J connectivity index is 4.16. The molecule has 0 fully saturated rings. The van der Waals surface area contributed by atoms with Crippen LogP contribution < -0.4 is 0 Å². The number of allylic oxidation sites excluding steroid dienone is 1. The first-order valence-corrected chi connectivity index (χ1v) is 5.33. The van der Waals surface area contributed by atoms with Gasteiger partial charge in [-0.1, -0.05) is 53.7 Å². The van der Waals surface area contributed by atoms with Gasteiger partial charge in [0.25, 0.3) is 0 Å². The minimum atomic E-state index is 0.408. The van der Waals surface area contributed by atoms with Crippen molar-refractivity contribution < 1.29 is 0 Å². The monoisotopic (exact) mass is 182 g/mol. The predicted octanol–water partition coefficient (Wildman–Crippen LogP) is 4.81. The summed E-state index contributed by atoms with van der Waals surface area (Å²) in [7, 11) is 0. The first-order chi connectivity index (χ1) is 5.66. The van der Waals surface area contributed by atoms with Gasteiger partial charge in [0.2, 0.25) is 0 Å². The molecule has 0 heterocycles. The molecule has 0 radical (unpaired) electrons. The molecule has 0 nitrogen and oxygen atoms in total. The number of hydrogen-bond donors (Lipinski definition) is 0. The standard InChI is InChI=1S/C13H26/c1-8-11(2)9-13(6,7)10-12(3,4)5/h2,8-10H2,1,3-7H3. The molecule has 0 aliphatic heterocycles. The van der Waals surface area contributed by atoms with E-state index in [2.05, 4.69) is 48.1 Å². The lowest BCUT2D eigenvalue weighted by molar-refractivity contribution is 0.210. The van der Waals surface area contributed by atoms with Crippen molar-refractivity contribution in [3.05, 3.63) is 12.2 Å². The van der Waals surface area contributed by atoms with E-state index in [4.69, 9.17) is 0 Å². The highest BCUT2D eigenvalue weighted by molar-refractivity contribution is 4.98. The van der Waals surface area contributed by atoms with E-state index in [9.17, 15) is 0 Å². The average molecular weight is 182 g/mol. The van der Waals surface area contributed by atoms with Crippen LogP contribution in [0.4, 0.5) is 0 Å². The van der Waals surface area contributed by atoms with Crippen molar-refractivity contribution in [3.63, 3.8) is 0 Å². The van der Waals surface area contributed by atoms with Crippen LogP contribution in [0.5, 0.6) is 0 Å². The molecule has 0 aromatic heterocycles. The molecule has 0 aliphatic carbocycles. The Hall–Kier alpha value is -0.260. The Labute approximate surface area is 84.4 Å². The molecule has 0 rings (SSSR count). The molecule has 0 bridgehead atoms. The van der Waals surface area contributed by atoms with E-state index in [1.54, 1.807) is 0 Å². The highest BCUT2D eigenvalue weighted by Gasteiger charge is 2.25. The summed E-state index contributed by atoms with van der Waals surface area (Å²) in [6, 6.07) is 0. The van der Waals surface area contributed by atoms with Crippen LogP contribution >= 0.6 is 0 Å². The fourth-order valence-corrected chi connectivity index (χ4v) is 2.30. The summed E-state index contributed by atoms with van der Waals surface area (Å²) in [5.41, 5.74) is 2.22. The zero-order valence-electron chi connectivity index (χ0n) is 10.3. The second kappa shape index (κ2) is 4.30. The van der Waals surface area contributed by atoms with Crippen molar-refractivity contribution in [1.82, 2.24) is 0 Å². The Morgan fingerprint density at radius 2 is 1.54 bits per heavy atom. The maximum absolute atomic E-state index is 4.09. The van der Waals surface area contributed by atoms with E-state index < -0.39 is 0 Å². The quantitative estimate of drug-likeness (QED) is 0.548. The van der Waals surface area contributed by atoms with E-state index in [1.165, 1.54) is 18.4 Å². The maximum atomic E-state index is 4.09. The molecule has 0 atom stereocenters. The van der Waals surface area contributed by atoms with Crippen molar-refractivity contribution in [2.75, 3.05) is 0 Å². The minimum absolute atomic E-state index is 0.408. The summed E-state index contributed by atoms with van der Waals surface area (Å²) in [5, 5.41) is 0. The zero-order chi connectivity index (χ0) is 10.7. The van der Waals surface area contributed by atoms with Crippen LogP contribution in [0.3, 0.4) is 0 Å². The van der Waals surface area contributed by atoms with Gasteiger partial charge in [0, 0.05) is 0 Å². The van der Waals surface area contributed by atoms with Crippen LogP contribution in [0.2, 0.25) is 0 Å². The average Bonchev–Trinajstić information content (AvgIpc) is 1.80. The lowest BCUT2D eigenvalue weighted by Gasteiger charge is -2.33. The van der Waals surface area contributed by atoms with Gasteiger partial charge in [-0.25, -0.2) is 0 Å². The summed E-state index contributed by atoms with van der Waals surface area (Å²) < 4.78 is 0. The molecular formula is C13H26. The third-order valence-corrected chi connectivity index (χ3v) is 2.24. The molecule has 0 saturated heterocycles. The van der Waals surface area contributed by atoms with Gasteiger partial charge in [-0.2, -0.15) is 0 Å². The van der Waals surface area contributed by atoms with Crippen LogP contribution in [-0.2, 0) is 0 Å². The van der Waals surface area contributed by atoms with E-state index >= 15 is 0 Å². The van der Waals surface area contributed by atoms with Crippen molar-refractivity contribution in [2.24, 2.45) is 10.8 Å². The molecule has 0 amide bonds. The van der Waals surface area contributed by atoms with Crippen LogP contribution in [0, 0.1) is 10.8 Å². The maximum Gasteiger partial charge on any atom is -0.0271 e. The van der Waals surface area contributed by atoms with Crippen LogP contribution in [0.25, 0.3) is 0 Å². The number of hydrogen-bond acceptors (Lipinski definition) is 0. The SMILES string of the molecule is C=C(CC)CC(C)(C)CC(C)(C)C. The van der Waals surface area contributed by atoms with Gasteiger partial charge in [-0.05, 0) is 30.1 Å². The summed E-state index contributed by atoms with van der Waals surface area (Å²) in [6.45, 7) is 17.9. The predicted molar refractivity (Wildman–Crippen MR) is 61.9 cm³/mol. The fraction of sp³-hybridized carbons (Fsp3) is 0.846. The van der Waals surface area contributed by atoms with Gasteiger partial charge >= 0.3 is 0 Å². The van der Waals surface area contributed by atoms with Crippen molar-refractivity contribution in [1.29, 1.82) is 0 Å². The van der Waals surface area contributed by atoms with E-state index in [-0.39, 0.29) is 0 Å². The largest absolute Gasteiger partial charge is 0.0999 e. The molecule has 0 unspecified atom stereocenters. The van der Waals surface area contributed by atoms with E-state index in [0.29, 0.717) is 10.8 Å². The Morgan fingerprint density at radius 3 is 1.85 bits per heavy atom. The lowest BCUT2D eigenvalue weighted by Crippen LogP contribution is -2.21.